The van der Waals surface area contributed by atoms with Crippen LogP contribution in [-0.2, 0) is 9.59 Å². The minimum absolute atomic E-state index is 0.0169. The summed E-state index contributed by atoms with van der Waals surface area (Å²) in [5.74, 6) is -0.484. The number of hydrazine groups is 1. The highest BCUT2D eigenvalue weighted by atomic mass is 35.5. The van der Waals surface area contributed by atoms with E-state index in [9.17, 15) is 14.4 Å². The van der Waals surface area contributed by atoms with Gasteiger partial charge in [-0.2, -0.15) is 0 Å². The van der Waals surface area contributed by atoms with Crippen LogP contribution >= 0.6 is 11.6 Å². The number of ether oxygens (including phenoxy) is 1. The average Bonchev–Trinajstić information content (AvgIpc) is 2.71. The van der Waals surface area contributed by atoms with Gasteiger partial charge in [-0.25, -0.2) is 0 Å². The van der Waals surface area contributed by atoms with E-state index in [1.807, 2.05) is 12.1 Å². The summed E-state index contributed by atoms with van der Waals surface area (Å²) in [5, 5.41) is 3.10. The molecule has 0 radical (unpaired) electrons. The number of carbonyl (C=O) groups excluding carboxylic acids is 3. The predicted molar refractivity (Wildman–Crippen MR) is 107 cm³/mol. The molecule has 146 valence electrons. The Hall–Kier alpha value is -3.32. The van der Waals surface area contributed by atoms with E-state index in [2.05, 4.69) is 16.2 Å². The first kappa shape index (κ1) is 21.0. The molecule has 8 heteroatoms. The van der Waals surface area contributed by atoms with E-state index in [1.54, 1.807) is 49.6 Å². The Labute approximate surface area is 167 Å². The van der Waals surface area contributed by atoms with Crippen molar-refractivity contribution < 1.29 is 19.1 Å². The summed E-state index contributed by atoms with van der Waals surface area (Å²) in [6, 6.07) is 13.5. The van der Waals surface area contributed by atoms with Crippen LogP contribution in [0.5, 0.6) is 5.75 Å². The maximum atomic E-state index is 11.8. The second kappa shape index (κ2) is 10.7. The molecule has 0 saturated heterocycles. The molecule has 2 aromatic rings. The lowest BCUT2D eigenvalue weighted by atomic mass is 10.2. The largest absolute Gasteiger partial charge is 0.497 e. The molecule has 0 fully saturated rings. The lowest BCUT2D eigenvalue weighted by molar-refractivity contribution is -0.122. The standard InChI is InChI=1S/C20H20ClN3O4/c1-28-17-9-2-14(3-10-17)4-11-18(25)22-13-12-19(26)23-24-20(27)15-5-7-16(21)8-6-15/h2-11H,12-13H2,1H3,(H,22,25)(H,23,26)(H,24,27)/b11-4+. The van der Waals surface area contributed by atoms with Crippen molar-refractivity contribution in [2.45, 2.75) is 6.42 Å². The lowest BCUT2D eigenvalue weighted by Gasteiger charge is -2.07. The summed E-state index contributed by atoms with van der Waals surface area (Å²) in [5.41, 5.74) is 5.79. The third-order valence-electron chi connectivity index (χ3n) is 3.62. The summed E-state index contributed by atoms with van der Waals surface area (Å²) in [7, 11) is 1.58. The molecule has 28 heavy (non-hydrogen) atoms. The Morgan fingerprint density at radius 1 is 1.00 bits per heavy atom. The zero-order chi connectivity index (χ0) is 20.4. The van der Waals surface area contributed by atoms with Crippen LogP contribution in [0, 0.1) is 0 Å². The zero-order valence-corrected chi connectivity index (χ0v) is 16.0. The normalized spacial score (nSPS) is 10.4. The molecule has 0 saturated carbocycles. The smallest absolute Gasteiger partial charge is 0.269 e. The number of amides is 3. The average molecular weight is 402 g/mol. The van der Waals surface area contributed by atoms with Crippen molar-refractivity contribution in [3.63, 3.8) is 0 Å². The molecule has 0 heterocycles. The van der Waals surface area contributed by atoms with Gasteiger partial charge in [0, 0.05) is 29.6 Å². The van der Waals surface area contributed by atoms with Crippen molar-refractivity contribution in [1.82, 2.24) is 16.2 Å². The minimum atomic E-state index is -0.462. The van der Waals surface area contributed by atoms with Gasteiger partial charge < -0.3 is 10.1 Å². The highest BCUT2D eigenvalue weighted by Gasteiger charge is 2.07. The maximum absolute atomic E-state index is 11.8. The van der Waals surface area contributed by atoms with Crippen LogP contribution < -0.4 is 20.9 Å². The van der Waals surface area contributed by atoms with Gasteiger partial charge in [0.15, 0.2) is 0 Å². The number of methoxy groups -OCH3 is 1. The van der Waals surface area contributed by atoms with Crippen molar-refractivity contribution in [3.05, 3.63) is 70.8 Å². The summed E-state index contributed by atoms with van der Waals surface area (Å²) in [6.45, 7) is 0.133. The Kier molecular flexibility index (Phi) is 8.05. The molecule has 0 atom stereocenters. The molecule has 0 aliphatic carbocycles. The van der Waals surface area contributed by atoms with Gasteiger partial charge in [0.2, 0.25) is 11.8 Å². The molecular formula is C20H20ClN3O4. The summed E-state index contributed by atoms with van der Waals surface area (Å²) in [4.78, 5) is 35.3. The zero-order valence-electron chi connectivity index (χ0n) is 15.2. The Morgan fingerprint density at radius 2 is 1.68 bits per heavy atom. The van der Waals surface area contributed by atoms with Crippen molar-refractivity contribution in [2.75, 3.05) is 13.7 Å². The number of hydrogen-bond acceptors (Lipinski definition) is 4. The fourth-order valence-electron chi connectivity index (χ4n) is 2.11. The summed E-state index contributed by atoms with van der Waals surface area (Å²) < 4.78 is 5.06. The molecule has 0 bridgehead atoms. The van der Waals surface area contributed by atoms with Gasteiger partial charge in [-0.05, 0) is 48.0 Å². The van der Waals surface area contributed by atoms with Gasteiger partial charge in [-0.3, -0.25) is 25.2 Å². The van der Waals surface area contributed by atoms with Gasteiger partial charge >= 0.3 is 0 Å². The number of hydrogen-bond donors (Lipinski definition) is 3. The Bertz CT molecular complexity index is 849. The molecule has 0 aliphatic rings. The number of halogens is 1. The molecule has 3 amide bonds. The predicted octanol–water partition coefficient (Wildman–Crippen LogP) is 2.33. The Balaban J connectivity index is 1.66. The number of rotatable bonds is 7. The monoisotopic (exact) mass is 401 g/mol. The third-order valence-corrected chi connectivity index (χ3v) is 3.87. The molecule has 0 spiro atoms. The second-order valence-corrected chi connectivity index (χ2v) is 6.09. The topological polar surface area (TPSA) is 96.5 Å². The molecular weight excluding hydrogens is 382 g/mol. The molecule has 2 aromatic carbocycles. The van der Waals surface area contributed by atoms with E-state index in [0.717, 1.165) is 11.3 Å². The molecule has 0 aliphatic heterocycles. The third kappa shape index (κ3) is 7.13. The molecule has 3 N–H and O–H groups in total. The van der Waals surface area contributed by atoms with Crippen molar-refractivity contribution in [2.24, 2.45) is 0 Å². The van der Waals surface area contributed by atoms with Gasteiger partial charge in [0.1, 0.15) is 5.75 Å². The van der Waals surface area contributed by atoms with E-state index < -0.39 is 11.8 Å². The first-order chi connectivity index (χ1) is 13.5. The summed E-state index contributed by atoms with van der Waals surface area (Å²) >= 11 is 5.75. The van der Waals surface area contributed by atoms with E-state index >= 15 is 0 Å². The highest BCUT2D eigenvalue weighted by molar-refractivity contribution is 6.30. The molecule has 7 nitrogen and oxygen atoms in total. The van der Waals surface area contributed by atoms with E-state index in [-0.39, 0.29) is 18.9 Å². The van der Waals surface area contributed by atoms with Crippen molar-refractivity contribution >= 4 is 35.4 Å². The first-order valence-electron chi connectivity index (χ1n) is 8.42. The number of nitrogens with one attached hydrogen (secondary N) is 3. The van der Waals surface area contributed by atoms with Gasteiger partial charge in [-0.1, -0.05) is 23.7 Å². The van der Waals surface area contributed by atoms with Crippen LogP contribution in [0.15, 0.2) is 54.6 Å². The second-order valence-electron chi connectivity index (χ2n) is 5.66. The molecule has 0 unspecified atom stereocenters. The molecule has 2 rings (SSSR count). The van der Waals surface area contributed by atoms with Gasteiger partial charge in [0.05, 0.1) is 7.11 Å². The SMILES string of the molecule is COc1ccc(/C=C/C(=O)NCCC(=O)NNC(=O)c2ccc(Cl)cc2)cc1. The van der Waals surface area contributed by atoms with Crippen LogP contribution in [0.4, 0.5) is 0 Å². The van der Waals surface area contributed by atoms with Crippen LogP contribution in [0.3, 0.4) is 0 Å². The van der Waals surface area contributed by atoms with Crippen LogP contribution in [-0.4, -0.2) is 31.4 Å². The van der Waals surface area contributed by atoms with E-state index in [4.69, 9.17) is 16.3 Å². The highest BCUT2D eigenvalue weighted by Crippen LogP contribution is 2.12. The maximum Gasteiger partial charge on any atom is 0.269 e. The van der Waals surface area contributed by atoms with Gasteiger partial charge in [-0.15, -0.1) is 0 Å². The van der Waals surface area contributed by atoms with Gasteiger partial charge in [0.25, 0.3) is 5.91 Å². The van der Waals surface area contributed by atoms with Crippen LogP contribution in [0.25, 0.3) is 6.08 Å². The Morgan fingerprint density at radius 3 is 2.32 bits per heavy atom. The fraction of sp³-hybridized carbons (Fsp3) is 0.150. The van der Waals surface area contributed by atoms with E-state index in [1.165, 1.54) is 6.08 Å². The lowest BCUT2D eigenvalue weighted by Crippen LogP contribution is -2.42. The molecule has 0 aromatic heterocycles. The number of benzene rings is 2. The van der Waals surface area contributed by atoms with Crippen molar-refractivity contribution in [1.29, 1.82) is 0 Å². The van der Waals surface area contributed by atoms with Crippen LogP contribution in [0.2, 0.25) is 5.02 Å². The minimum Gasteiger partial charge on any atom is -0.497 e. The first-order valence-corrected chi connectivity index (χ1v) is 8.80. The van der Waals surface area contributed by atoms with Crippen LogP contribution in [0.1, 0.15) is 22.3 Å². The quantitative estimate of drug-likeness (QED) is 0.490. The van der Waals surface area contributed by atoms with Crippen molar-refractivity contribution in [3.8, 4) is 5.75 Å². The summed E-state index contributed by atoms with van der Waals surface area (Å²) in [6.07, 6.45) is 3.05. The number of carbonyl (C=O) groups is 3. The fourth-order valence-corrected chi connectivity index (χ4v) is 2.23. The van der Waals surface area contributed by atoms with E-state index in [0.29, 0.717) is 10.6 Å².